The summed E-state index contributed by atoms with van der Waals surface area (Å²) in [6.45, 7) is 8.71. The standard InChI is InChI=1S/C10H22N2/c1-7(2)5-9(10(11)12)6-8(3)4/h7-9H,5-6H2,1-4H3,(H3,11,12). The van der Waals surface area contributed by atoms with Crippen LogP contribution in [-0.4, -0.2) is 5.84 Å². The Morgan fingerprint density at radius 3 is 1.58 bits per heavy atom. The molecule has 0 aliphatic rings. The molecule has 0 saturated carbocycles. The molecule has 0 aromatic rings. The first-order valence-electron chi connectivity index (χ1n) is 4.77. The molecule has 0 heterocycles. The van der Waals surface area contributed by atoms with Crippen molar-refractivity contribution in [3.05, 3.63) is 0 Å². The third kappa shape index (κ3) is 5.16. The Balaban J connectivity index is 3.96. The summed E-state index contributed by atoms with van der Waals surface area (Å²) >= 11 is 0. The van der Waals surface area contributed by atoms with E-state index in [9.17, 15) is 0 Å². The van der Waals surface area contributed by atoms with Crippen LogP contribution >= 0.6 is 0 Å². The van der Waals surface area contributed by atoms with Gasteiger partial charge in [-0.15, -0.1) is 0 Å². The second kappa shape index (κ2) is 5.18. The van der Waals surface area contributed by atoms with E-state index >= 15 is 0 Å². The summed E-state index contributed by atoms with van der Waals surface area (Å²) < 4.78 is 0. The average molecular weight is 170 g/mol. The summed E-state index contributed by atoms with van der Waals surface area (Å²) in [4.78, 5) is 0. The molecule has 0 aliphatic heterocycles. The minimum atomic E-state index is 0.296. The number of hydrogen-bond donors (Lipinski definition) is 2. The van der Waals surface area contributed by atoms with E-state index in [0.29, 0.717) is 23.6 Å². The van der Waals surface area contributed by atoms with E-state index in [4.69, 9.17) is 11.1 Å². The smallest absolute Gasteiger partial charge is 0.0937 e. The quantitative estimate of drug-likeness (QED) is 0.483. The normalized spacial score (nSPS) is 11.6. The van der Waals surface area contributed by atoms with Crippen LogP contribution in [0.5, 0.6) is 0 Å². The van der Waals surface area contributed by atoms with Crippen molar-refractivity contribution in [2.24, 2.45) is 23.5 Å². The molecule has 3 N–H and O–H groups in total. The summed E-state index contributed by atoms with van der Waals surface area (Å²) in [6.07, 6.45) is 2.10. The molecule has 0 bridgehead atoms. The van der Waals surface area contributed by atoms with Crippen molar-refractivity contribution in [3.63, 3.8) is 0 Å². The largest absolute Gasteiger partial charge is 0.387 e. The molecule has 0 atom stereocenters. The monoisotopic (exact) mass is 170 g/mol. The van der Waals surface area contributed by atoms with Crippen molar-refractivity contribution in [2.45, 2.75) is 40.5 Å². The first-order valence-corrected chi connectivity index (χ1v) is 4.77. The highest BCUT2D eigenvalue weighted by Gasteiger charge is 2.15. The van der Waals surface area contributed by atoms with Gasteiger partial charge in [0.15, 0.2) is 0 Å². The molecule has 12 heavy (non-hydrogen) atoms. The first-order chi connectivity index (χ1) is 5.43. The molecule has 0 spiro atoms. The van der Waals surface area contributed by atoms with E-state index in [0.717, 1.165) is 12.8 Å². The average Bonchev–Trinajstić information content (AvgIpc) is 1.83. The van der Waals surface area contributed by atoms with Crippen molar-refractivity contribution >= 4 is 5.84 Å². The molecule has 0 aromatic carbocycles. The van der Waals surface area contributed by atoms with Crippen LogP contribution in [0.2, 0.25) is 0 Å². The Hall–Kier alpha value is -0.530. The fourth-order valence-corrected chi connectivity index (χ4v) is 1.49. The van der Waals surface area contributed by atoms with Gasteiger partial charge in [0.1, 0.15) is 0 Å². The zero-order chi connectivity index (χ0) is 9.72. The molecule has 0 radical (unpaired) electrons. The third-order valence-corrected chi connectivity index (χ3v) is 1.95. The second-order valence-electron chi connectivity index (χ2n) is 4.41. The van der Waals surface area contributed by atoms with Gasteiger partial charge in [0.25, 0.3) is 0 Å². The Kier molecular flexibility index (Phi) is 4.95. The minimum Gasteiger partial charge on any atom is -0.387 e. The van der Waals surface area contributed by atoms with Gasteiger partial charge in [0.2, 0.25) is 0 Å². The van der Waals surface area contributed by atoms with Crippen LogP contribution in [0.4, 0.5) is 0 Å². The van der Waals surface area contributed by atoms with Gasteiger partial charge < -0.3 is 5.73 Å². The van der Waals surface area contributed by atoms with Crippen molar-refractivity contribution < 1.29 is 0 Å². The predicted octanol–water partition coefficient (Wildman–Crippen LogP) is 2.63. The van der Waals surface area contributed by atoms with E-state index in [1.165, 1.54) is 0 Å². The number of rotatable bonds is 5. The molecular weight excluding hydrogens is 148 g/mol. The van der Waals surface area contributed by atoms with Gasteiger partial charge in [-0.1, -0.05) is 27.7 Å². The Morgan fingerprint density at radius 2 is 1.42 bits per heavy atom. The third-order valence-electron chi connectivity index (χ3n) is 1.95. The maximum absolute atomic E-state index is 7.42. The zero-order valence-electron chi connectivity index (χ0n) is 8.72. The highest BCUT2D eigenvalue weighted by Crippen LogP contribution is 2.19. The highest BCUT2D eigenvalue weighted by molar-refractivity contribution is 5.79. The molecule has 0 rings (SSSR count). The van der Waals surface area contributed by atoms with Gasteiger partial charge >= 0.3 is 0 Å². The van der Waals surface area contributed by atoms with Gasteiger partial charge in [0, 0.05) is 5.92 Å². The van der Waals surface area contributed by atoms with E-state index in [1.807, 2.05) is 0 Å². The van der Waals surface area contributed by atoms with Crippen molar-refractivity contribution in [1.82, 2.24) is 0 Å². The summed E-state index contributed by atoms with van der Waals surface area (Å²) in [6, 6.07) is 0. The predicted molar refractivity (Wildman–Crippen MR) is 54.3 cm³/mol. The van der Waals surface area contributed by atoms with Crippen LogP contribution < -0.4 is 5.73 Å². The Labute approximate surface area is 76.0 Å². The molecule has 0 saturated heterocycles. The van der Waals surface area contributed by atoms with Gasteiger partial charge in [-0.3, -0.25) is 5.41 Å². The lowest BCUT2D eigenvalue weighted by Gasteiger charge is -2.19. The topological polar surface area (TPSA) is 49.9 Å². The van der Waals surface area contributed by atoms with E-state index < -0.39 is 0 Å². The number of nitrogens with one attached hydrogen (secondary N) is 1. The lowest BCUT2D eigenvalue weighted by Crippen LogP contribution is -2.25. The van der Waals surface area contributed by atoms with Gasteiger partial charge in [0.05, 0.1) is 5.84 Å². The molecule has 0 unspecified atom stereocenters. The first kappa shape index (κ1) is 11.5. The summed E-state index contributed by atoms with van der Waals surface area (Å²) in [7, 11) is 0. The molecule has 0 aromatic heterocycles. The van der Waals surface area contributed by atoms with Crippen molar-refractivity contribution in [2.75, 3.05) is 0 Å². The van der Waals surface area contributed by atoms with Crippen LogP contribution in [0, 0.1) is 23.2 Å². The van der Waals surface area contributed by atoms with E-state index in [1.54, 1.807) is 0 Å². The van der Waals surface area contributed by atoms with Gasteiger partial charge in [-0.25, -0.2) is 0 Å². The van der Waals surface area contributed by atoms with E-state index in [2.05, 4.69) is 27.7 Å². The van der Waals surface area contributed by atoms with Gasteiger partial charge in [-0.2, -0.15) is 0 Å². The summed E-state index contributed by atoms with van der Waals surface area (Å²) in [5.41, 5.74) is 5.52. The Morgan fingerprint density at radius 1 is 1.08 bits per heavy atom. The minimum absolute atomic E-state index is 0.296. The van der Waals surface area contributed by atoms with Crippen molar-refractivity contribution in [1.29, 1.82) is 5.41 Å². The molecule has 0 fully saturated rings. The van der Waals surface area contributed by atoms with E-state index in [-0.39, 0.29) is 0 Å². The second-order valence-corrected chi connectivity index (χ2v) is 4.41. The van der Waals surface area contributed by atoms with Crippen LogP contribution in [0.15, 0.2) is 0 Å². The number of nitrogens with two attached hydrogens (primary N) is 1. The molecule has 2 heteroatoms. The maximum atomic E-state index is 7.42. The molecule has 0 aliphatic carbocycles. The van der Waals surface area contributed by atoms with Crippen LogP contribution in [0.25, 0.3) is 0 Å². The number of hydrogen-bond acceptors (Lipinski definition) is 1. The molecule has 0 amide bonds. The maximum Gasteiger partial charge on any atom is 0.0937 e. The number of amidine groups is 1. The fraction of sp³-hybridized carbons (Fsp3) is 0.900. The summed E-state index contributed by atoms with van der Waals surface area (Å²) in [5, 5.41) is 7.42. The highest BCUT2D eigenvalue weighted by atomic mass is 14.7. The molecular formula is C10H22N2. The molecule has 2 nitrogen and oxygen atoms in total. The zero-order valence-corrected chi connectivity index (χ0v) is 8.72. The van der Waals surface area contributed by atoms with Gasteiger partial charge in [-0.05, 0) is 24.7 Å². The molecule has 72 valence electrons. The lowest BCUT2D eigenvalue weighted by atomic mass is 9.89. The summed E-state index contributed by atoms with van der Waals surface area (Å²) in [5.74, 6) is 1.93. The fourth-order valence-electron chi connectivity index (χ4n) is 1.49. The van der Waals surface area contributed by atoms with Crippen LogP contribution in [0.3, 0.4) is 0 Å². The van der Waals surface area contributed by atoms with Crippen LogP contribution in [0.1, 0.15) is 40.5 Å². The van der Waals surface area contributed by atoms with Crippen molar-refractivity contribution in [3.8, 4) is 0 Å². The SMILES string of the molecule is CC(C)CC(CC(C)C)C(=N)N. The lowest BCUT2D eigenvalue weighted by molar-refractivity contribution is 0.416. The Bertz CT molecular complexity index is 129. The van der Waals surface area contributed by atoms with Crippen LogP contribution in [-0.2, 0) is 0 Å².